The van der Waals surface area contributed by atoms with Gasteiger partial charge < -0.3 is 10.4 Å². The lowest BCUT2D eigenvalue weighted by Crippen LogP contribution is -2.27. The topological polar surface area (TPSA) is 62.2 Å². The van der Waals surface area contributed by atoms with Gasteiger partial charge in [0, 0.05) is 12.3 Å². The van der Waals surface area contributed by atoms with E-state index >= 15 is 0 Å². The average molecular weight is 274 g/mol. The smallest absolute Gasteiger partial charge is 0.255 e. The summed E-state index contributed by atoms with van der Waals surface area (Å²) in [5.41, 5.74) is 1.80. The molecule has 2 N–H and O–H groups in total. The van der Waals surface area contributed by atoms with E-state index in [-0.39, 0.29) is 17.4 Å². The molecule has 1 unspecified atom stereocenters. The van der Waals surface area contributed by atoms with E-state index in [0.29, 0.717) is 0 Å². The minimum atomic E-state index is -0.590. The molecule has 1 atom stereocenters. The van der Waals surface area contributed by atoms with Crippen molar-refractivity contribution < 1.29 is 14.3 Å². The summed E-state index contributed by atoms with van der Waals surface area (Å²) in [5, 5.41) is 12.3. The Kier molecular flexibility index (Phi) is 3.98. The van der Waals surface area contributed by atoms with Crippen LogP contribution in [0, 0.1) is 12.7 Å². The molecule has 104 valence electrons. The third-order valence-corrected chi connectivity index (χ3v) is 2.93. The number of hydrogen-bond donors (Lipinski definition) is 2. The first-order valence-corrected chi connectivity index (χ1v) is 6.19. The monoisotopic (exact) mass is 274 g/mol. The van der Waals surface area contributed by atoms with E-state index < -0.39 is 11.7 Å². The zero-order valence-corrected chi connectivity index (χ0v) is 11.2. The zero-order valence-electron chi connectivity index (χ0n) is 11.2. The highest BCUT2D eigenvalue weighted by Crippen LogP contribution is 2.19. The molecule has 0 spiro atoms. The molecule has 1 aromatic heterocycles. The molecule has 4 nitrogen and oxygen atoms in total. The highest BCUT2D eigenvalue weighted by molar-refractivity contribution is 5.96. The van der Waals surface area contributed by atoms with Gasteiger partial charge in [-0.1, -0.05) is 0 Å². The number of carbonyl (C=O) groups excluding carboxylic acids is 1. The van der Waals surface area contributed by atoms with E-state index in [4.69, 9.17) is 0 Å². The van der Waals surface area contributed by atoms with Crippen molar-refractivity contribution in [3.8, 4) is 5.75 Å². The van der Waals surface area contributed by atoms with Crippen LogP contribution in [-0.2, 0) is 0 Å². The van der Waals surface area contributed by atoms with Crippen molar-refractivity contribution in [1.82, 2.24) is 10.3 Å². The van der Waals surface area contributed by atoms with E-state index in [2.05, 4.69) is 10.3 Å². The first-order chi connectivity index (χ1) is 9.47. The predicted molar refractivity (Wildman–Crippen MR) is 72.9 cm³/mol. The van der Waals surface area contributed by atoms with Crippen molar-refractivity contribution in [1.29, 1.82) is 0 Å². The molecule has 0 aliphatic heterocycles. The summed E-state index contributed by atoms with van der Waals surface area (Å²) in [7, 11) is 0. The summed E-state index contributed by atoms with van der Waals surface area (Å²) < 4.78 is 12.9. The van der Waals surface area contributed by atoms with E-state index in [1.54, 1.807) is 13.1 Å². The lowest BCUT2D eigenvalue weighted by atomic mass is 10.1. The number of amides is 1. The number of phenols is 1. The van der Waals surface area contributed by atoms with Gasteiger partial charge in [-0.05, 0) is 43.7 Å². The van der Waals surface area contributed by atoms with Crippen LogP contribution >= 0.6 is 0 Å². The summed E-state index contributed by atoms with van der Waals surface area (Å²) >= 11 is 0. The van der Waals surface area contributed by atoms with E-state index in [9.17, 15) is 14.3 Å². The second kappa shape index (κ2) is 5.69. The number of carbonyl (C=O) groups is 1. The summed E-state index contributed by atoms with van der Waals surface area (Å²) in [5.74, 6) is -1.45. The Morgan fingerprint density at radius 1 is 1.35 bits per heavy atom. The largest absolute Gasteiger partial charge is 0.507 e. The molecule has 0 bridgehead atoms. The van der Waals surface area contributed by atoms with Gasteiger partial charge in [-0.2, -0.15) is 0 Å². The van der Waals surface area contributed by atoms with Crippen LogP contribution in [0.15, 0.2) is 36.5 Å². The molecule has 1 amide bonds. The Balaban J connectivity index is 2.15. The maximum Gasteiger partial charge on any atom is 0.255 e. The van der Waals surface area contributed by atoms with Crippen molar-refractivity contribution in [2.45, 2.75) is 19.9 Å². The van der Waals surface area contributed by atoms with Crippen LogP contribution in [0.2, 0.25) is 0 Å². The Bertz CT molecular complexity index is 644. The molecule has 0 saturated heterocycles. The molecular formula is C15H15FN2O2. The van der Waals surface area contributed by atoms with E-state index in [1.807, 2.05) is 19.1 Å². The third kappa shape index (κ3) is 3.12. The first-order valence-electron chi connectivity index (χ1n) is 6.19. The molecule has 0 radical (unpaired) electrons. The number of phenolic OH excluding ortho intramolecular Hbond substituents is 1. The normalized spacial score (nSPS) is 11.9. The number of aromatic hydroxyl groups is 1. The molecule has 1 aromatic carbocycles. The molecular weight excluding hydrogens is 259 g/mol. The minimum Gasteiger partial charge on any atom is -0.507 e. The quantitative estimate of drug-likeness (QED) is 0.904. The predicted octanol–water partition coefficient (Wildman–Crippen LogP) is 2.73. The summed E-state index contributed by atoms with van der Waals surface area (Å²) in [6.45, 7) is 3.73. The molecule has 2 aromatic rings. The van der Waals surface area contributed by atoms with Gasteiger partial charge in [0.25, 0.3) is 5.91 Å². The van der Waals surface area contributed by atoms with E-state index in [1.165, 1.54) is 6.07 Å². The second-order valence-corrected chi connectivity index (χ2v) is 4.61. The van der Waals surface area contributed by atoms with Gasteiger partial charge in [0.2, 0.25) is 0 Å². The van der Waals surface area contributed by atoms with Crippen LogP contribution in [0.5, 0.6) is 5.75 Å². The number of nitrogens with one attached hydrogen (secondary N) is 1. The van der Waals surface area contributed by atoms with Gasteiger partial charge in [0.1, 0.15) is 11.6 Å². The highest BCUT2D eigenvalue weighted by Gasteiger charge is 2.16. The zero-order chi connectivity index (χ0) is 14.7. The molecule has 0 aliphatic rings. The Hall–Kier alpha value is -2.43. The molecule has 0 saturated carbocycles. The number of pyridine rings is 1. The Morgan fingerprint density at radius 3 is 2.75 bits per heavy atom. The number of hydrogen-bond acceptors (Lipinski definition) is 3. The maximum absolute atomic E-state index is 12.9. The summed E-state index contributed by atoms with van der Waals surface area (Å²) in [4.78, 5) is 16.2. The standard InChI is InChI=1S/C15H15FN2O2/c1-9-5-6-17-13(7-9)10(2)18-15(20)12-4-3-11(16)8-14(12)19/h3-8,10,19H,1-2H3,(H,18,20). The number of rotatable bonds is 3. The van der Waals surface area contributed by atoms with Crippen molar-refractivity contribution >= 4 is 5.91 Å². The fraction of sp³-hybridized carbons (Fsp3) is 0.200. The van der Waals surface area contributed by atoms with Gasteiger partial charge in [-0.25, -0.2) is 4.39 Å². The van der Waals surface area contributed by atoms with Crippen LogP contribution in [0.25, 0.3) is 0 Å². The van der Waals surface area contributed by atoms with Crippen molar-refractivity contribution in [3.05, 3.63) is 59.2 Å². The van der Waals surface area contributed by atoms with Crippen LogP contribution in [-0.4, -0.2) is 16.0 Å². The third-order valence-electron chi connectivity index (χ3n) is 2.93. The fourth-order valence-corrected chi connectivity index (χ4v) is 1.84. The van der Waals surface area contributed by atoms with Gasteiger partial charge >= 0.3 is 0 Å². The minimum absolute atomic E-state index is 0.0332. The molecule has 5 heteroatoms. The maximum atomic E-state index is 12.9. The van der Waals surface area contributed by atoms with Crippen LogP contribution < -0.4 is 5.32 Å². The van der Waals surface area contributed by atoms with Crippen LogP contribution in [0.3, 0.4) is 0 Å². The number of aromatic nitrogens is 1. The molecule has 20 heavy (non-hydrogen) atoms. The van der Waals surface area contributed by atoms with E-state index in [0.717, 1.165) is 23.4 Å². The lowest BCUT2D eigenvalue weighted by molar-refractivity contribution is 0.0936. The summed E-state index contributed by atoms with van der Waals surface area (Å²) in [6, 6.07) is 6.71. The van der Waals surface area contributed by atoms with Crippen molar-refractivity contribution in [2.75, 3.05) is 0 Å². The van der Waals surface area contributed by atoms with Crippen LogP contribution in [0.1, 0.15) is 34.6 Å². The van der Waals surface area contributed by atoms with Crippen molar-refractivity contribution in [2.24, 2.45) is 0 Å². The fourth-order valence-electron chi connectivity index (χ4n) is 1.84. The summed E-state index contributed by atoms with van der Waals surface area (Å²) in [6.07, 6.45) is 1.67. The molecule has 0 fully saturated rings. The van der Waals surface area contributed by atoms with Gasteiger partial charge in [-0.3, -0.25) is 9.78 Å². The van der Waals surface area contributed by atoms with Gasteiger partial charge in [0.15, 0.2) is 0 Å². The highest BCUT2D eigenvalue weighted by atomic mass is 19.1. The average Bonchev–Trinajstić information content (AvgIpc) is 2.38. The van der Waals surface area contributed by atoms with Crippen molar-refractivity contribution in [3.63, 3.8) is 0 Å². The number of benzene rings is 1. The first kappa shape index (κ1) is 14.0. The van der Waals surface area contributed by atoms with Crippen LogP contribution in [0.4, 0.5) is 4.39 Å². The Morgan fingerprint density at radius 2 is 2.10 bits per heavy atom. The number of halogens is 1. The molecule has 2 rings (SSSR count). The number of nitrogens with zero attached hydrogens (tertiary/aromatic N) is 1. The molecule has 1 heterocycles. The lowest BCUT2D eigenvalue weighted by Gasteiger charge is -2.14. The Labute approximate surface area is 116 Å². The van der Waals surface area contributed by atoms with Gasteiger partial charge in [0.05, 0.1) is 17.3 Å². The second-order valence-electron chi connectivity index (χ2n) is 4.61. The number of aryl methyl sites for hydroxylation is 1. The molecule has 0 aliphatic carbocycles. The SMILES string of the molecule is Cc1ccnc(C(C)NC(=O)c2ccc(F)cc2O)c1. The van der Waals surface area contributed by atoms with Gasteiger partial charge in [-0.15, -0.1) is 0 Å².